The summed E-state index contributed by atoms with van der Waals surface area (Å²) in [6, 6.07) is 0. The fraction of sp³-hybridized carbons (Fsp3) is 0.500. The lowest BCUT2D eigenvalue weighted by molar-refractivity contribution is 0.256. The molecule has 0 fully saturated rings. The third-order valence-corrected chi connectivity index (χ3v) is 0.970. The van der Waals surface area contributed by atoms with Gasteiger partial charge in [-0.15, -0.1) is 0 Å². The molecule has 0 bridgehead atoms. The fourth-order valence-corrected chi connectivity index (χ4v) is 0.435. The molecule has 9 heavy (non-hydrogen) atoms. The van der Waals surface area contributed by atoms with Gasteiger partial charge in [-0.1, -0.05) is 0 Å². The Labute approximate surface area is 57.7 Å². The molecule has 0 N–H and O–H groups in total. The van der Waals surface area contributed by atoms with Crippen LogP contribution in [-0.2, 0) is 0 Å². The van der Waals surface area contributed by atoms with E-state index in [-0.39, 0.29) is 0 Å². The zero-order chi connectivity index (χ0) is 7.44. The van der Waals surface area contributed by atoms with Gasteiger partial charge >= 0.3 is 0 Å². The molecule has 0 rings (SSSR count). The highest BCUT2D eigenvalue weighted by Gasteiger charge is 2.16. The summed E-state index contributed by atoms with van der Waals surface area (Å²) in [5.41, 5.74) is 0. The van der Waals surface area contributed by atoms with Crippen LogP contribution >= 0.6 is 15.9 Å². The lowest BCUT2D eigenvalue weighted by Crippen LogP contribution is -2.02. The maximum atomic E-state index is 11.8. The summed E-state index contributed by atoms with van der Waals surface area (Å²) < 4.78 is 44.7. The van der Waals surface area contributed by atoms with Crippen molar-refractivity contribution in [1.29, 1.82) is 0 Å². The van der Waals surface area contributed by atoms with Crippen LogP contribution < -0.4 is 0 Å². The van der Waals surface area contributed by atoms with E-state index in [0.717, 1.165) is 0 Å². The highest BCUT2D eigenvalue weighted by atomic mass is 79.9. The molecule has 1 unspecified atom stereocenters. The fourth-order valence-electron chi connectivity index (χ4n) is 0.186. The Morgan fingerprint density at radius 1 is 1.44 bits per heavy atom. The summed E-state index contributed by atoms with van der Waals surface area (Å²) in [6.07, 6.45) is -2.48. The molecule has 0 aliphatic rings. The van der Waals surface area contributed by atoms with Crippen molar-refractivity contribution in [2.24, 2.45) is 0 Å². The molecule has 0 heterocycles. The molecule has 0 nitrogen and oxygen atoms in total. The quantitative estimate of drug-likeness (QED) is 0.610. The molecular weight excluding hydrogens is 204 g/mol. The summed E-state index contributed by atoms with van der Waals surface area (Å²) in [6.45, 7) is -1.55. The van der Waals surface area contributed by atoms with Gasteiger partial charge in [-0.05, 0) is 15.9 Å². The van der Waals surface area contributed by atoms with Crippen molar-refractivity contribution in [1.82, 2.24) is 0 Å². The molecule has 0 amide bonds. The van der Waals surface area contributed by atoms with Crippen molar-refractivity contribution in [3.8, 4) is 0 Å². The third-order valence-electron chi connectivity index (χ3n) is 0.591. The maximum absolute atomic E-state index is 11.8. The minimum Gasteiger partial charge on any atom is -0.247 e. The molecule has 1 atom stereocenters. The summed E-state index contributed by atoms with van der Waals surface area (Å²) >= 11 is 2.01. The van der Waals surface area contributed by atoms with Gasteiger partial charge in [0.1, 0.15) is 6.67 Å². The van der Waals surface area contributed by atoms with E-state index in [1.807, 2.05) is 15.9 Å². The molecule has 0 aliphatic carbocycles. The first-order valence-corrected chi connectivity index (χ1v) is 2.79. The molecular formula is C4H3BrF4. The molecule has 0 radical (unpaired) electrons. The molecule has 0 aliphatic heterocycles. The second-order valence-electron chi connectivity index (χ2n) is 1.23. The molecule has 5 heteroatoms. The van der Waals surface area contributed by atoms with Crippen molar-refractivity contribution in [2.45, 2.75) is 6.17 Å². The second kappa shape index (κ2) is 3.87. The lowest BCUT2D eigenvalue weighted by atomic mass is 10.4. The lowest BCUT2D eigenvalue weighted by Gasteiger charge is -1.96. The Morgan fingerprint density at radius 3 is 2.00 bits per heavy atom. The molecule has 0 saturated heterocycles. The van der Waals surface area contributed by atoms with Gasteiger partial charge < -0.3 is 0 Å². The van der Waals surface area contributed by atoms with E-state index in [9.17, 15) is 17.6 Å². The molecule has 0 spiro atoms. The number of hydrogen-bond donors (Lipinski definition) is 0. The number of allylic oxidation sites excluding steroid dienone is 1. The maximum Gasteiger partial charge on any atom is 0.200 e. The molecule has 0 saturated carbocycles. The summed E-state index contributed by atoms with van der Waals surface area (Å²) in [4.78, 5) is 0. The molecule has 0 aromatic heterocycles. The first kappa shape index (κ1) is 8.94. The van der Waals surface area contributed by atoms with Crippen molar-refractivity contribution in [2.75, 3.05) is 6.67 Å². The Morgan fingerprint density at radius 2 is 1.89 bits per heavy atom. The Bertz CT molecular complexity index is 118. The van der Waals surface area contributed by atoms with Crippen LogP contribution in [0.2, 0.25) is 0 Å². The SMILES string of the molecule is FCC(F)/C(F)=C(\F)Br. The average molecular weight is 207 g/mol. The van der Waals surface area contributed by atoms with Crippen LogP contribution in [0.15, 0.2) is 10.6 Å². The van der Waals surface area contributed by atoms with Crippen molar-refractivity contribution in [3.05, 3.63) is 10.6 Å². The van der Waals surface area contributed by atoms with Gasteiger partial charge in [-0.25, -0.2) is 13.2 Å². The largest absolute Gasteiger partial charge is 0.247 e. The Balaban J connectivity index is 4.02. The monoisotopic (exact) mass is 206 g/mol. The number of halogens is 5. The number of hydrogen-bond acceptors (Lipinski definition) is 0. The minimum atomic E-state index is -2.48. The van der Waals surface area contributed by atoms with Gasteiger partial charge in [0.15, 0.2) is 16.7 Å². The summed E-state index contributed by atoms with van der Waals surface area (Å²) in [7, 11) is 0. The van der Waals surface area contributed by atoms with Crippen molar-refractivity contribution < 1.29 is 17.6 Å². The highest BCUT2D eigenvalue weighted by molar-refractivity contribution is 9.11. The summed E-state index contributed by atoms with van der Waals surface area (Å²) in [5, 5.41) is 0. The zero-order valence-corrected chi connectivity index (χ0v) is 5.76. The van der Waals surface area contributed by atoms with Crippen LogP contribution in [0.25, 0.3) is 0 Å². The number of rotatable bonds is 2. The highest BCUT2D eigenvalue weighted by Crippen LogP contribution is 2.19. The van der Waals surface area contributed by atoms with E-state index >= 15 is 0 Å². The third kappa shape index (κ3) is 2.84. The van der Waals surface area contributed by atoms with E-state index in [1.165, 1.54) is 0 Å². The van der Waals surface area contributed by atoms with Crippen LogP contribution in [0.4, 0.5) is 17.6 Å². The van der Waals surface area contributed by atoms with E-state index in [1.54, 1.807) is 0 Å². The molecule has 0 aromatic rings. The van der Waals surface area contributed by atoms with Gasteiger partial charge in [-0.2, -0.15) is 4.39 Å². The van der Waals surface area contributed by atoms with Crippen LogP contribution in [0.5, 0.6) is 0 Å². The van der Waals surface area contributed by atoms with E-state index in [2.05, 4.69) is 0 Å². The normalized spacial score (nSPS) is 17.0. The van der Waals surface area contributed by atoms with Crippen LogP contribution in [0.1, 0.15) is 0 Å². The van der Waals surface area contributed by atoms with Crippen LogP contribution in [0, 0.1) is 0 Å². The van der Waals surface area contributed by atoms with Crippen LogP contribution in [0.3, 0.4) is 0 Å². The second-order valence-corrected chi connectivity index (χ2v) is 1.93. The zero-order valence-electron chi connectivity index (χ0n) is 4.17. The smallest absolute Gasteiger partial charge is 0.200 e. The topological polar surface area (TPSA) is 0 Å². The van der Waals surface area contributed by atoms with Crippen molar-refractivity contribution in [3.63, 3.8) is 0 Å². The first-order chi connectivity index (χ1) is 4.09. The van der Waals surface area contributed by atoms with Gasteiger partial charge in [0.2, 0.25) is 0 Å². The van der Waals surface area contributed by atoms with E-state index in [4.69, 9.17) is 0 Å². The first-order valence-electron chi connectivity index (χ1n) is 2.00. The Kier molecular flexibility index (Phi) is 3.84. The van der Waals surface area contributed by atoms with E-state index in [0.29, 0.717) is 0 Å². The average Bonchev–Trinajstić information content (AvgIpc) is 1.84. The van der Waals surface area contributed by atoms with Gasteiger partial charge in [-0.3, -0.25) is 0 Å². The van der Waals surface area contributed by atoms with E-state index < -0.39 is 23.4 Å². The minimum absolute atomic E-state index is 1.49. The van der Waals surface area contributed by atoms with Gasteiger partial charge in [0.05, 0.1) is 0 Å². The van der Waals surface area contributed by atoms with Gasteiger partial charge in [0.25, 0.3) is 0 Å². The van der Waals surface area contributed by atoms with Crippen molar-refractivity contribution >= 4 is 15.9 Å². The van der Waals surface area contributed by atoms with Crippen LogP contribution in [-0.4, -0.2) is 12.8 Å². The number of alkyl halides is 2. The standard InChI is InChI=1S/C4H3BrF4/c5-4(9)3(8)2(7)1-6/h2H,1H2/b4-3+. The Hall–Kier alpha value is -0.0600. The molecule has 0 aromatic carbocycles. The summed E-state index contributed by atoms with van der Waals surface area (Å²) in [5.74, 6) is -1.74. The molecule has 54 valence electrons. The predicted molar refractivity (Wildman–Crippen MR) is 29.0 cm³/mol. The predicted octanol–water partition coefficient (Wildman–Crippen LogP) is 2.80. The van der Waals surface area contributed by atoms with Gasteiger partial charge in [0, 0.05) is 0 Å².